The molecule has 0 rings (SSSR count). The fraction of sp³-hybridized carbons (Fsp3) is 0.833. The fourth-order valence-electron chi connectivity index (χ4n) is 1.51. The molecule has 0 aliphatic carbocycles. The number of alkyl halides is 21. The highest BCUT2D eigenvalue weighted by Crippen LogP contribution is 2.57. The van der Waals surface area contributed by atoms with E-state index in [2.05, 4.69) is 0 Å². The average Bonchev–Trinajstić information content (AvgIpc) is 2.62. The summed E-state index contributed by atoms with van der Waals surface area (Å²) in [5, 5.41) is 0. The first kappa shape index (κ1) is 37.7. The molecule has 0 aromatic carbocycles. The number of rotatable bonds is 13. The molecule has 0 heterocycles. The summed E-state index contributed by atoms with van der Waals surface area (Å²) in [5.41, 5.74) is 0. The van der Waals surface area contributed by atoms with E-state index in [1.807, 2.05) is 0 Å². The standard InChI is InChI=1S/C12F24O4/c13-1(14)2(15)37-6(22,23)3(16,17)7(24,25)38-8(26,27)4(18,19)9(28,29)39-10(30,31)5(20,21)11(32,33)40-12(34,35)36. The molecular weight excluding hydrogens is 664 g/mol. The molecule has 0 fully saturated rings. The molecule has 0 unspecified atom stereocenters. The largest absolute Gasteiger partial charge is 0.527 e. The van der Waals surface area contributed by atoms with Crippen molar-refractivity contribution in [3.63, 3.8) is 0 Å². The van der Waals surface area contributed by atoms with Crippen LogP contribution in [0.25, 0.3) is 0 Å². The Morgan fingerprint density at radius 2 is 0.550 bits per heavy atom. The molecule has 4 nitrogen and oxygen atoms in total. The fourth-order valence-corrected chi connectivity index (χ4v) is 1.51. The topological polar surface area (TPSA) is 36.9 Å². The van der Waals surface area contributed by atoms with E-state index >= 15 is 0 Å². The lowest BCUT2D eigenvalue weighted by Crippen LogP contribution is -2.66. The van der Waals surface area contributed by atoms with E-state index in [0.717, 1.165) is 14.2 Å². The van der Waals surface area contributed by atoms with Crippen LogP contribution in [-0.2, 0) is 18.9 Å². The summed E-state index contributed by atoms with van der Waals surface area (Å²) in [5.74, 6) is -24.9. The van der Waals surface area contributed by atoms with E-state index in [4.69, 9.17) is 0 Å². The lowest BCUT2D eigenvalue weighted by Gasteiger charge is -2.38. The maximum absolute atomic E-state index is 13.3. The van der Waals surface area contributed by atoms with Crippen LogP contribution in [0.4, 0.5) is 105 Å². The molecule has 0 atom stereocenters. The third kappa shape index (κ3) is 6.96. The van der Waals surface area contributed by atoms with Gasteiger partial charge in [-0.3, -0.25) is 0 Å². The molecule has 0 N–H and O–H groups in total. The summed E-state index contributed by atoms with van der Waals surface area (Å²) in [6, 6.07) is -4.17. The van der Waals surface area contributed by atoms with Crippen LogP contribution in [0, 0.1) is 0 Å². The molecule has 240 valence electrons. The van der Waals surface area contributed by atoms with Crippen LogP contribution in [0.15, 0.2) is 12.1 Å². The summed E-state index contributed by atoms with van der Waals surface area (Å²) in [6.07, 6.45) is -59.7. The van der Waals surface area contributed by atoms with Crippen molar-refractivity contribution in [1.29, 1.82) is 0 Å². The van der Waals surface area contributed by atoms with Crippen LogP contribution < -0.4 is 0 Å². The Labute approximate surface area is 198 Å². The molecule has 0 saturated carbocycles. The van der Waals surface area contributed by atoms with Crippen molar-refractivity contribution in [2.75, 3.05) is 0 Å². The van der Waals surface area contributed by atoms with Crippen LogP contribution in [-0.4, -0.2) is 60.8 Å². The Bertz CT molecular complexity index is 929. The predicted octanol–water partition coefficient (Wildman–Crippen LogP) is 8.07. The first-order chi connectivity index (χ1) is 16.9. The number of hydrogen-bond donors (Lipinski definition) is 0. The van der Waals surface area contributed by atoms with Gasteiger partial charge in [-0.15, -0.1) is 13.2 Å². The minimum Gasteiger partial charge on any atom is -0.397 e. The van der Waals surface area contributed by atoms with Gasteiger partial charge >= 0.3 is 72.9 Å². The molecule has 0 amide bonds. The second-order valence-corrected chi connectivity index (χ2v) is 6.21. The molecule has 0 radical (unpaired) electrons. The highest BCUT2D eigenvalue weighted by atomic mass is 19.4. The molecule has 28 heteroatoms. The first-order valence-electron chi connectivity index (χ1n) is 7.92. The van der Waals surface area contributed by atoms with Crippen LogP contribution in [0.5, 0.6) is 0 Å². The second kappa shape index (κ2) is 10.2. The van der Waals surface area contributed by atoms with Crippen molar-refractivity contribution < 1.29 is 124 Å². The van der Waals surface area contributed by atoms with Crippen LogP contribution in [0.1, 0.15) is 0 Å². The van der Waals surface area contributed by atoms with Gasteiger partial charge in [-0.2, -0.15) is 92.2 Å². The Morgan fingerprint density at radius 1 is 0.325 bits per heavy atom. The zero-order chi connectivity index (χ0) is 33.0. The quantitative estimate of drug-likeness (QED) is 0.148. The van der Waals surface area contributed by atoms with Gasteiger partial charge < -0.3 is 4.74 Å². The van der Waals surface area contributed by atoms with Gasteiger partial charge in [0.15, 0.2) is 0 Å². The minimum atomic E-state index is -8.58. The van der Waals surface area contributed by atoms with Crippen molar-refractivity contribution in [1.82, 2.24) is 0 Å². The van der Waals surface area contributed by atoms with Gasteiger partial charge in [0.1, 0.15) is 0 Å². The Morgan fingerprint density at radius 3 is 0.775 bits per heavy atom. The van der Waals surface area contributed by atoms with Gasteiger partial charge in [0.25, 0.3) is 0 Å². The van der Waals surface area contributed by atoms with Crippen LogP contribution in [0.3, 0.4) is 0 Å². The van der Waals surface area contributed by atoms with Gasteiger partial charge in [0.05, 0.1) is 0 Å². The summed E-state index contributed by atoms with van der Waals surface area (Å²) in [4.78, 5) is 0. The van der Waals surface area contributed by atoms with Gasteiger partial charge in [-0.1, -0.05) is 0 Å². The third-order valence-corrected chi connectivity index (χ3v) is 3.32. The highest BCUT2D eigenvalue weighted by molar-refractivity contribution is 4.95. The molecule has 0 aliphatic heterocycles. The molecule has 0 aromatic heterocycles. The van der Waals surface area contributed by atoms with Crippen LogP contribution >= 0.6 is 0 Å². The van der Waals surface area contributed by atoms with Gasteiger partial charge in [-0.25, -0.2) is 14.2 Å². The summed E-state index contributed by atoms with van der Waals surface area (Å²) >= 11 is 0. The van der Waals surface area contributed by atoms with E-state index in [-0.39, 0.29) is 0 Å². The van der Waals surface area contributed by atoms with E-state index in [1.54, 1.807) is 4.74 Å². The van der Waals surface area contributed by atoms with Gasteiger partial charge in [0, 0.05) is 0 Å². The third-order valence-electron chi connectivity index (χ3n) is 3.32. The highest BCUT2D eigenvalue weighted by Gasteiger charge is 2.86. The average molecular weight is 664 g/mol. The predicted molar refractivity (Wildman–Crippen MR) is 65.3 cm³/mol. The van der Waals surface area contributed by atoms with Crippen molar-refractivity contribution >= 4 is 0 Å². The molecule has 40 heavy (non-hydrogen) atoms. The zero-order valence-corrected chi connectivity index (χ0v) is 16.7. The molecule has 0 aliphatic rings. The van der Waals surface area contributed by atoms with E-state index in [9.17, 15) is 105 Å². The van der Waals surface area contributed by atoms with Crippen molar-refractivity contribution in [2.45, 2.75) is 60.8 Å². The Balaban J connectivity index is 6.42. The molecule has 0 bridgehead atoms. The molecule has 0 spiro atoms. The molecule has 0 saturated heterocycles. The monoisotopic (exact) mass is 664 g/mol. The second-order valence-electron chi connectivity index (χ2n) is 6.21. The summed E-state index contributed by atoms with van der Waals surface area (Å²) < 4.78 is 311. The lowest BCUT2D eigenvalue weighted by atomic mass is 10.2. The Kier molecular flexibility index (Phi) is 9.65. The van der Waals surface area contributed by atoms with E-state index in [1.165, 1.54) is 0 Å². The number of ether oxygens (including phenoxy) is 4. The molecular formula is C12F24O4. The minimum absolute atomic E-state index is 0.990. The van der Waals surface area contributed by atoms with E-state index < -0.39 is 72.9 Å². The smallest absolute Gasteiger partial charge is 0.397 e. The first-order valence-corrected chi connectivity index (χ1v) is 7.92. The van der Waals surface area contributed by atoms with Gasteiger partial charge in [0.2, 0.25) is 0 Å². The number of halogens is 24. The van der Waals surface area contributed by atoms with Crippen molar-refractivity contribution in [2.24, 2.45) is 0 Å². The van der Waals surface area contributed by atoms with Crippen molar-refractivity contribution in [3.05, 3.63) is 12.1 Å². The maximum Gasteiger partial charge on any atom is 0.527 e. The van der Waals surface area contributed by atoms with Gasteiger partial charge in [-0.05, 0) is 0 Å². The van der Waals surface area contributed by atoms with Crippen molar-refractivity contribution in [3.8, 4) is 0 Å². The summed E-state index contributed by atoms with van der Waals surface area (Å²) in [7, 11) is 0. The van der Waals surface area contributed by atoms with E-state index in [0.29, 0.717) is 0 Å². The zero-order valence-electron chi connectivity index (χ0n) is 16.7. The van der Waals surface area contributed by atoms with Crippen LogP contribution in [0.2, 0.25) is 0 Å². The SMILES string of the molecule is FC(F)=C(F)OC(F)(F)C(F)(F)C(F)(F)OC(F)(F)C(F)(F)C(F)(F)OC(F)(F)C(F)(F)C(F)(F)OC(F)(F)F. The molecule has 0 aromatic rings. The summed E-state index contributed by atoms with van der Waals surface area (Å²) in [6.45, 7) is 0. The maximum atomic E-state index is 13.3. The normalized spacial score (nSPS) is 15.8. The Hall–Kier alpha value is -2.26. The number of hydrogen-bond acceptors (Lipinski definition) is 4. The lowest BCUT2D eigenvalue weighted by molar-refractivity contribution is -0.560.